The number of nitrogens with zero attached hydrogens (tertiary/aromatic N) is 2. The van der Waals surface area contributed by atoms with Crippen molar-refractivity contribution in [3.63, 3.8) is 0 Å². The fourth-order valence-electron chi connectivity index (χ4n) is 1.98. The molecule has 0 aromatic carbocycles. The maximum atomic E-state index is 10.6. The zero-order valence-electron chi connectivity index (χ0n) is 10.4. The maximum Gasteiger partial charge on any atom is 0.266 e. The molecule has 108 valence electrons. The number of β-amino-alcohol motifs (C(OH)–C–C–N with tert-alkyl or cyclic N) is 1. The predicted molar refractivity (Wildman–Crippen MR) is 67.0 cm³/mol. The van der Waals surface area contributed by atoms with Crippen molar-refractivity contribution in [2.24, 2.45) is 0 Å². The summed E-state index contributed by atoms with van der Waals surface area (Å²) in [4.78, 5) is 4.06. The van der Waals surface area contributed by atoms with Crippen LogP contribution in [0.25, 0.3) is 0 Å². The molecule has 1 aliphatic rings. The van der Waals surface area contributed by atoms with Crippen LogP contribution in [0.2, 0.25) is 0 Å². The van der Waals surface area contributed by atoms with Gasteiger partial charge in [-0.3, -0.25) is 14.4 Å². The standard InChI is InChI=1S/C10H22N2O5S/c13-7-1-10(14)9-12-4-2-11(3-5-12)6-8-18(15,16)17/h10,13-14H,1-9H2,(H,15,16,17). The van der Waals surface area contributed by atoms with Crippen LogP contribution in [0.5, 0.6) is 0 Å². The van der Waals surface area contributed by atoms with Gasteiger partial charge in [-0.15, -0.1) is 0 Å². The molecule has 0 aliphatic carbocycles. The van der Waals surface area contributed by atoms with Gasteiger partial charge in [0.05, 0.1) is 11.9 Å². The predicted octanol–water partition coefficient (Wildman–Crippen LogP) is -1.76. The highest BCUT2D eigenvalue weighted by Crippen LogP contribution is 2.04. The molecule has 1 fully saturated rings. The average molecular weight is 282 g/mol. The van der Waals surface area contributed by atoms with Gasteiger partial charge in [0.25, 0.3) is 10.1 Å². The third-order valence-electron chi connectivity index (χ3n) is 3.06. The zero-order chi connectivity index (χ0) is 13.6. The lowest BCUT2D eigenvalue weighted by Gasteiger charge is -2.35. The second-order valence-electron chi connectivity index (χ2n) is 4.59. The summed E-state index contributed by atoms with van der Waals surface area (Å²) in [5, 5.41) is 18.2. The first-order valence-corrected chi connectivity index (χ1v) is 7.70. The van der Waals surface area contributed by atoms with E-state index < -0.39 is 16.2 Å². The largest absolute Gasteiger partial charge is 0.396 e. The number of piperazine rings is 1. The van der Waals surface area contributed by atoms with E-state index in [0.717, 1.165) is 26.2 Å². The van der Waals surface area contributed by atoms with Crippen molar-refractivity contribution in [2.45, 2.75) is 12.5 Å². The normalized spacial score (nSPS) is 21.1. The number of hydrogen-bond donors (Lipinski definition) is 3. The molecule has 0 radical (unpaired) electrons. The fraction of sp³-hybridized carbons (Fsp3) is 1.00. The van der Waals surface area contributed by atoms with Crippen LogP contribution in [0, 0.1) is 0 Å². The average Bonchev–Trinajstić information content (AvgIpc) is 2.27. The molecule has 1 aliphatic heterocycles. The van der Waals surface area contributed by atoms with Crippen molar-refractivity contribution in [1.29, 1.82) is 0 Å². The lowest BCUT2D eigenvalue weighted by atomic mass is 10.2. The number of hydrogen-bond acceptors (Lipinski definition) is 6. The molecule has 1 atom stereocenters. The molecule has 18 heavy (non-hydrogen) atoms. The van der Waals surface area contributed by atoms with E-state index in [4.69, 9.17) is 9.66 Å². The summed E-state index contributed by atoms with van der Waals surface area (Å²) in [5.41, 5.74) is 0. The van der Waals surface area contributed by atoms with Crippen molar-refractivity contribution in [3.8, 4) is 0 Å². The van der Waals surface area contributed by atoms with Crippen molar-refractivity contribution in [1.82, 2.24) is 9.80 Å². The van der Waals surface area contributed by atoms with E-state index in [0.29, 0.717) is 19.5 Å². The van der Waals surface area contributed by atoms with E-state index in [1.807, 2.05) is 4.90 Å². The molecule has 1 saturated heterocycles. The Morgan fingerprint density at radius 1 is 1.11 bits per heavy atom. The minimum Gasteiger partial charge on any atom is -0.396 e. The Morgan fingerprint density at radius 3 is 2.17 bits per heavy atom. The van der Waals surface area contributed by atoms with Crippen molar-refractivity contribution >= 4 is 10.1 Å². The molecule has 0 bridgehead atoms. The van der Waals surface area contributed by atoms with E-state index >= 15 is 0 Å². The molecular formula is C10H22N2O5S. The number of rotatable bonds is 7. The van der Waals surface area contributed by atoms with E-state index in [2.05, 4.69) is 4.90 Å². The minimum absolute atomic E-state index is 0.0184. The third-order valence-corrected chi connectivity index (χ3v) is 3.76. The minimum atomic E-state index is -3.89. The highest BCUT2D eigenvalue weighted by atomic mass is 32.2. The molecule has 0 aromatic heterocycles. The van der Waals surface area contributed by atoms with Crippen LogP contribution in [-0.2, 0) is 10.1 Å². The summed E-state index contributed by atoms with van der Waals surface area (Å²) in [5.74, 6) is -0.236. The van der Waals surface area contributed by atoms with Gasteiger partial charge in [0.2, 0.25) is 0 Å². The number of aliphatic hydroxyl groups excluding tert-OH is 2. The van der Waals surface area contributed by atoms with Gasteiger partial charge in [-0.1, -0.05) is 0 Å². The summed E-state index contributed by atoms with van der Waals surface area (Å²) >= 11 is 0. The van der Waals surface area contributed by atoms with Crippen molar-refractivity contribution in [2.75, 3.05) is 51.6 Å². The van der Waals surface area contributed by atoms with Gasteiger partial charge in [0.15, 0.2) is 0 Å². The molecule has 0 saturated carbocycles. The summed E-state index contributed by atoms with van der Waals surface area (Å²) < 4.78 is 29.9. The Bertz CT molecular complexity index is 327. The Hall–Kier alpha value is -0.250. The lowest BCUT2D eigenvalue weighted by Crippen LogP contribution is -2.49. The molecule has 0 spiro atoms. The third kappa shape index (κ3) is 6.62. The van der Waals surface area contributed by atoms with Gasteiger partial charge >= 0.3 is 0 Å². The van der Waals surface area contributed by atoms with Gasteiger partial charge in [-0.05, 0) is 6.42 Å². The fourth-order valence-corrected chi connectivity index (χ4v) is 2.47. The highest BCUT2D eigenvalue weighted by Gasteiger charge is 2.19. The summed E-state index contributed by atoms with van der Waals surface area (Å²) in [7, 11) is -3.89. The summed E-state index contributed by atoms with van der Waals surface area (Å²) in [6, 6.07) is 0. The Labute approximate surface area is 108 Å². The second-order valence-corrected chi connectivity index (χ2v) is 6.17. The zero-order valence-corrected chi connectivity index (χ0v) is 11.2. The molecule has 0 amide bonds. The number of aliphatic hydroxyl groups is 2. The molecule has 3 N–H and O–H groups in total. The van der Waals surface area contributed by atoms with Crippen LogP contribution < -0.4 is 0 Å². The van der Waals surface area contributed by atoms with Crippen molar-refractivity contribution < 1.29 is 23.2 Å². The van der Waals surface area contributed by atoms with E-state index in [-0.39, 0.29) is 12.4 Å². The first-order chi connectivity index (χ1) is 8.40. The second kappa shape index (κ2) is 7.37. The Kier molecular flexibility index (Phi) is 6.47. The van der Waals surface area contributed by atoms with Gasteiger partial charge in [0, 0.05) is 45.9 Å². The van der Waals surface area contributed by atoms with Crippen LogP contribution in [0.4, 0.5) is 0 Å². The van der Waals surface area contributed by atoms with Gasteiger partial charge in [0.1, 0.15) is 0 Å². The molecule has 1 rings (SSSR count). The van der Waals surface area contributed by atoms with Crippen LogP contribution >= 0.6 is 0 Å². The first kappa shape index (κ1) is 15.8. The molecule has 8 heteroatoms. The molecule has 1 heterocycles. The SMILES string of the molecule is O=S(=O)(O)CCN1CCN(CC(O)CCO)CC1. The molecule has 1 unspecified atom stereocenters. The Morgan fingerprint density at radius 2 is 1.67 bits per heavy atom. The highest BCUT2D eigenvalue weighted by molar-refractivity contribution is 7.85. The van der Waals surface area contributed by atoms with Crippen LogP contribution in [0.1, 0.15) is 6.42 Å². The van der Waals surface area contributed by atoms with Gasteiger partial charge in [-0.2, -0.15) is 8.42 Å². The topological polar surface area (TPSA) is 101 Å². The molecule has 7 nitrogen and oxygen atoms in total. The summed E-state index contributed by atoms with van der Waals surface area (Å²) in [6.07, 6.45) is -0.137. The Balaban J connectivity index is 2.20. The van der Waals surface area contributed by atoms with E-state index in [1.165, 1.54) is 0 Å². The van der Waals surface area contributed by atoms with Gasteiger partial charge < -0.3 is 10.2 Å². The lowest BCUT2D eigenvalue weighted by molar-refractivity contribution is 0.0606. The first-order valence-electron chi connectivity index (χ1n) is 6.09. The van der Waals surface area contributed by atoms with Crippen LogP contribution in [-0.4, -0.2) is 90.7 Å². The summed E-state index contributed by atoms with van der Waals surface area (Å²) in [6.45, 7) is 3.82. The molecular weight excluding hydrogens is 260 g/mol. The van der Waals surface area contributed by atoms with E-state index in [9.17, 15) is 13.5 Å². The van der Waals surface area contributed by atoms with E-state index in [1.54, 1.807) is 0 Å². The van der Waals surface area contributed by atoms with Gasteiger partial charge in [-0.25, -0.2) is 0 Å². The molecule has 0 aromatic rings. The smallest absolute Gasteiger partial charge is 0.266 e. The van der Waals surface area contributed by atoms with Crippen LogP contribution in [0.15, 0.2) is 0 Å². The monoisotopic (exact) mass is 282 g/mol. The van der Waals surface area contributed by atoms with Crippen molar-refractivity contribution in [3.05, 3.63) is 0 Å². The van der Waals surface area contributed by atoms with Crippen LogP contribution in [0.3, 0.4) is 0 Å². The maximum absolute atomic E-state index is 10.6. The quantitative estimate of drug-likeness (QED) is 0.475.